The standard InChI is InChI=1S/C15H22F3NO/c1-3-8-19-9-12(2)14-6-4-13(5-7-14)10-20-11-15(16,17)18/h4-7,12,19H,3,8-11H2,1-2H3. The Morgan fingerprint density at radius 3 is 2.40 bits per heavy atom. The molecular weight excluding hydrogens is 267 g/mol. The van der Waals surface area contributed by atoms with E-state index in [0.717, 1.165) is 25.1 Å². The molecule has 2 nitrogen and oxygen atoms in total. The topological polar surface area (TPSA) is 21.3 Å². The molecule has 1 aromatic rings. The van der Waals surface area contributed by atoms with Crippen molar-refractivity contribution < 1.29 is 17.9 Å². The van der Waals surface area contributed by atoms with Crippen LogP contribution in [0.15, 0.2) is 24.3 Å². The van der Waals surface area contributed by atoms with E-state index in [1.54, 1.807) is 0 Å². The normalized spacial score (nSPS) is 13.4. The molecule has 0 spiro atoms. The largest absolute Gasteiger partial charge is 0.411 e. The summed E-state index contributed by atoms with van der Waals surface area (Å²) in [6, 6.07) is 7.54. The van der Waals surface area contributed by atoms with Crippen LogP contribution in [0.2, 0.25) is 0 Å². The lowest BCUT2D eigenvalue weighted by atomic mass is 10.00. The van der Waals surface area contributed by atoms with Gasteiger partial charge in [0.15, 0.2) is 0 Å². The second kappa shape index (κ2) is 8.27. The fourth-order valence-corrected chi connectivity index (χ4v) is 1.84. The SMILES string of the molecule is CCCNCC(C)c1ccc(COCC(F)(F)F)cc1. The van der Waals surface area contributed by atoms with Crippen molar-refractivity contribution >= 4 is 0 Å². The van der Waals surface area contributed by atoms with Crippen LogP contribution in [0.3, 0.4) is 0 Å². The van der Waals surface area contributed by atoms with Gasteiger partial charge >= 0.3 is 6.18 Å². The lowest BCUT2D eigenvalue weighted by Gasteiger charge is -2.13. The summed E-state index contributed by atoms with van der Waals surface area (Å²) in [5.74, 6) is 0.381. The number of benzene rings is 1. The van der Waals surface area contributed by atoms with Gasteiger partial charge in [0.05, 0.1) is 6.61 Å². The first-order valence-corrected chi connectivity index (χ1v) is 6.86. The third kappa shape index (κ3) is 6.91. The predicted molar refractivity (Wildman–Crippen MR) is 73.7 cm³/mol. The molecule has 0 bridgehead atoms. The van der Waals surface area contributed by atoms with Gasteiger partial charge < -0.3 is 10.1 Å². The number of hydrogen-bond acceptors (Lipinski definition) is 2. The highest BCUT2D eigenvalue weighted by Gasteiger charge is 2.27. The predicted octanol–water partition coefficient (Wildman–Crippen LogP) is 3.87. The Balaban J connectivity index is 2.39. The molecule has 5 heteroatoms. The molecule has 0 heterocycles. The summed E-state index contributed by atoms with van der Waals surface area (Å²) < 4.78 is 40.5. The van der Waals surface area contributed by atoms with E-state index < -0.39 is 12.8 Å². The van der Waals surface area contributed by atoms with Gasteiger partial charge in [0.1, 0.15) is 6.61 Å². The Bertz CT molecular complexity index is 376. The van der Waals surface area contributed by atoms with E-state index in [2.05, 4.69) is 23.9 Å². The maximum absolute atomic E-state index is 11.9. The van der Waals surface area contributed by atoms with Crippen molar-refractivity contribution in [3.05, 3.63) is 35.4 Å². The highest BCUT2D eigenvalue weighted by Crippen LogP contribution is 2.18. The van der Waals surface area contributed by atoms with Gasteiger partial charge in [-0.15, -0.1) is 0 Å². The van der Waals surface area contributed by atoms with Gasteiger partial charge in [-0.2, -0.15) is 13.2 Å². The monoisotopic (exact) mass is 289 g/mol. The molecule has 0 radical (unpaired) electrons. The summed E-state index contributed by atoms with van der Waals surface area (Å²) in [4.78, 5) is 0. The minimum Gasteiger partial charge on any atom is -0.367 e. The summed E-state index contributed by atoms with van der Waals surface area (Å²) in [6.45, 7) is 4.92. The van der Waals surface area contributed by atoms with E-state index in [0.29, 0.717) is 5.92 Å². The number of rotatable bonds is 8. The first-order chi connectivity index (χ1) is 9.42. The van der Waals surface area contributed by atoms with Crippen LogP contribution in [0.4, 0.5) is 13.2 Å². The van der Waals surface area contributed by atoms with Crippen molar-refractivity contribution in [2.75, 3.05) is 19.7 Å². The number of alkyl halides is 3. The number of ether oxygens (including phenoxy) is 1. The van der Waals surface area contributed by atoms with Crippen molar-refractivity contribution in [1.29, 1.82) is 0 Å². The van der Waals surface area contributed by atoms with Gasteiger partial charge in [0, 0.05) is 6.54 Å². The van der Waals surface area contributed by atoms with E-state index in [1.807, 2.05) is 24.3 Å². The van der Waals surface area contributed by atoms with Crippen molar-refractivity contribution in [2.45, 2.75) is 39.0 Å². The van der Waals surface area contributed by atoms with E-state index in [9.17, 15) is 13.2 Å². The van der Waals surface area contributed by atoms with Crippen LogP contribution in [0, 0.1) is 0 Å². The van der Waals surface area contributed by atoms with E-state index in [-0.39, 0.29) is 6.61 Å². The van der Waals surface area contributed by atoms with Crippen molar-refractivity contribution in [1.82, 2.24) is 5.32 Å². The lowest BCUT2D eigenvalue weighted by molar-refractivity contribution is -0.176. The fourth-order valence-electron chi connectivity index (χ4n) is 1.84. The molecule has 20 heavy (non-hydrogen) atoms. The zero-order valence-electron chi connectivity index (χ0n) is 12.0. The molecule has 1 unspecified atom stereocenters. The second-order valence-electron chi connectivity index (χ2n) is 4.95. The molecule has 0 amide bonds. The number of nitrogens with one attached hydrogen (secondary N) is 1. The van der Waals surface area contributed by atoms with Gasteiger partial charge in [0.25, 0.3) is 0 Å². The van der Waals surface area contributed by atoms with Gasteiger partial charge in [-0.1, -0.05) is 38.1 Å². The highest BCUT2D eigenvalue weighted by molar-refractivity contribution is 5.24. The molecule has 0 fully saturated rings. The van der Waals surface area contributed by atoms with Crippen LogP contribution in [0.1, 0.15) is 37.3 Å². The molecule has 1 rings (SSSR count). The molecule has 0 aliphatic rings. The molecule has 114 valence electrons. The van der Waals surface area contributed by atoms with E-state index >= 15 is 0 Å². The smallest absolute Gasteiger partial charge is 0.367 e. The Morgan fingerprint density at radius 1 is 1.20 bits per heavy atom. The Hall–Kier alpha value is -1.07. The number of halogens is 3. The molecule has 0 aliphatic heterocycles. The minimum atomic E-state index is -4.26. The first kappa shape index (κ1) is 17.0. The van der Waals surface area contributed by atoms with E-state index in [1.165, 1.54) is 5.56 Å². The van der Waals surface area contributed by atoms with Gasteiger partial charge in [0.2, 0.25) is 0 Å². The fraction of sp³-hybridized carbons (Fsp3) is 0.600. The molecule has 0 aliphatic carbocycles. The Labute approximate surface area is 118 Å². The molecule has 0 aromatic heterocycles. The van der Waals surface area contributed by atoms with Crippen LogP contribution < -0.4 is 5.32 Å². The molecule has 0 saturated carbocycles. The third-order valence-electron chi connectivity index (χ3n) is 2.96. The summed E-state index contributed by atoms with van der Waals surface area (Å²) in [6.07, 6.45) is -3.17. The molecule has 0 saturated heterocycles. The second-order valence-corrected chi connectivity index (χ2v) is 4.95. The Kier molecular flexibility index (Phi) is 7.02. The molecular formula is C15H22F3NO. The van der Waals surface area contributed by atoms with Gasteiger partial charge in [-0.25, -0.2) is 0 Å². The summed E-state index contributed by atoms with van der Waals surface area (Å²) in [7, 11) is 0. The zero-order valence-corrected chi connectivity index (χ0v) is 12.0. The Morgan fingerprint density at radius 2 is 1.85 bits per heavy atom. The average Bonchev–Trinajstić information content (AvgIpc) is 2.38. The lowest BCUT2D eigenvalue weighted by Crippen LogP contribution is -2.20. The molecule has 1 aromatic carbocycles. The van der Waals surface area contributed by atoms with Crippen LogP contribution in [-0.4, -0.2) is 25.9 Å². The summed E-state index contributed by atoms with van der Waals surface area (Å²) in [5.41, 5.74) is 1.93. The summed E-state index contributed by atoms with van der Waals surface area (Å²) >= 11 is 0. The first-order valence-electron chi connectivity index (χ1n) is 6.86. The molecule has 1 atom stereocenters. The highest BCUT2D eigenvalue weighted by atomic mass is 19.4. The van der Waals surface area contributed by atoms with Crippen molar-refractivity contribution in [3.8, 4) is 0 Å². The quantitative estimate of drug-likeness (QED) is 0.734. The number of hydrogen-bond donors (Lipinski definition) is 1. The van der Waals surface area contributed by atoms with Crippen molar-refractivity contribution in [3.63, 3.8) is 0 Å². The van der Waals surface area contributed by atoms with Crippen molar-refractivity contribution in [2.24, 2.45) is 0 Å². The minimum absolute atomic E-state index is 0.0117. The summed E-state index contributed by atoms with van der Waals surface area (Å²) in [5, 5.41) is 3.35. The maximum Gasteiger partial charge on any atom is 0.411 e. The third-order valence-corrected chi connectivity index (χ3v) is 2.96. The maximum atomic E-state index is 11.9. The van der Waals surface area contributed by atoms with Crippen LogP contribution >= 0.6 is 0 Å². The van der Waals surface area contributed by atoms with Gasteiger partial charge in [-0.05, 0) is 30.0 Å². The zero-order chi connectivity index (χ0) is 15.0. The average molecular weight is 289 g/mol. The van der Waals surface area contributed by atoms with Crippen LogP contribution in [0.5, 0.6) is 0 Å². The van der Waals surface area contributed by atoms with Crippen LogP contribution in [-0.2, 0) is 11.3 Å². The van der Waals surface area contributed by atoms with Crippen LogP contribution in [0.25, 0.3) is 0 Å². The molecule has 1 N–H and O–H groups in total. The van der Waals surface area contributed by atoms with E-state index in [4.69, 9.17) is 0 Å². The van der Waals surface area contributed by atoms with Gasteiger partial charge in [-0.3, -0.25) is 0 Å².